The molecule has 0 atom stereocenters. The summed E-state index contributed by atoms with van der Waals surface area (Å²) in [6, 6.07) is 9.73. The van der Waals surface area contributed by atoms with E-state index in [1.165, 1.54) is 24.2 Å². The zero-order valence-electron chi connectivity index (χ0n) is 15.8. The van der Waals surface area contributed by atoms with Gasteiger partial charge in [-0.05, 0) is 23.1 Å². The summed E-state index contributed by atoms with van der Waals surface area (Å²) in [7, 11) is 2.86. The van der Waals surface area contributed by atoms with Crippen LogP contribution in [-0.4, -0.2) is 22.3 Å². The maximum absolute atomic E-state index is 12.0. The average Bonchev–Trinajstić information content (AvgIpc) is 2.60. The number of aromatic nitrogens is 2. The largest absolute Gasteiger partial charge is 0.492 e. The fraction of sp³-hybridized carbons (Fsp3) is 0.421. The highest BCUT2D eigenvalue weighted by Crippen LogP contribution is 2.25. The average molecular weight is 356 g/mol. The van der Waals surface area contributed by atoms with Crippen LogP contribution < -0.4 is 21.3 Å². The number of hydrogen-bond donors (Lipinski definition) is 1. The van der Waals surface area contributed by atoms with E-state index in [4.69, 9.17) is 4.74 Å². The fourth-order valence-corrected chi connectivity index (χ4v) is 2.54. The van der Waals surface area contributed by atoms with Crippen LogP contribution in [0.4, 0.5) is 5.82 Å². The quantitative estimate of drug-likeness (QED) is 0.825. The van der Waals surface area contributed by atoms with E-state index in [1.807, 2.05) is 24.3 Å². The molecular weight excluding hydrogens is 332 g/mol. The van der Waals surface area contributed by atoms with Crippen LogP contribution >= 0.6 is 0 Å². The van der Waals surface area contributed by atoms with Crippen LogP contribution in [0.25, 0.3) is 0 Å². The van der Waals surface area contributed by atoms with Crippen molar-refractivity contribution in [3.05, 3.63) is 56.2 Å². The second-order valence-corrected chi connectivity index (χ2v) is 7.09. The minimum Gasteiger partial charge on any atom is -0.492 e. The van der Waals surface area contributed by atoms with Crippen LogP contribution in [0.1, 0.15) is 31.9 Å². The predicted octanol–water partition coefficient (Wildman–Crippen LogP) is 1.74. The van der Waals surface area contributed by atoms with E-state index in [1.54, 1.807) is 0 Å². The smallest absolute Gasteiger partial charge is 0.332 e. The Morgan fingerprint density at radius 2 is 1.88 bits per heavy atom. The third-order valence-electron chi connectivity index (χ3n) is 4.14. The lowest BCUT2D eigenvalue weighted by molar-refractivity contribution is 0.331. The molecule has 0 amide bonds. The van der Waals surface area contributed by atoms with E-state index in [0.717, 1.165) is 10.3 Å². The monoisotopic (exact) mass is 356 g/mol. The molecule has 7 heteroatoms. The normalized spacial score (nSPS) is 11.1. The van der Waals surface area contributed by atoms with Gasteiger partial charge >= 0.3 is 5.69 Å². The van der Waals surface area contributed by atoms with Crippen molar-refractivity contribution in [2.75, 3.05) is 18.5 Å². The summed E-state index contributed by atoms with van der Waals surface area (Å²) in [5.74, 6) is 0.949. The van der Waals surface area contributed by atoms with E-state index in [9.17, 15) is 14.9 Å². The van der Waals surface area contributed by atoms with Gasteiger partial charge in [-0.1, -0.05) is 32.9 Å². The molecule has 0 fully saturated rings. The lowest BCUT2D eigenvalue weighted by Gasteiger charge is -2.20. The molecular formula is C19H24N4O3. The minimum atomic E-state index is -0.614. The molecule has 0 bridgehead atoms. The van der Waals surface area contributed by atoms with Crippen LogP contribution in [0.5, 0.6) is 5.75 Å². The number of anilines is 1. The van der Waals surface area contributed by atoms with Crippen molar-refractivity contribution in [1.29, 1.82) is 5.26 Å². The summed E-state index contributed by atoms with van der Waals surface area (Å²) in [6.45, 7) is 7.06. The molecule has 0 aliphatic rings. The summed E-state index contributed by atoms with van der Waals surface area (Å²) >= 11 is 0. The van der Waals surface area contributed by atoms with Crippen LogP contribution in [0.15, 0.2) is 33.9 Å². The molecule has 0 spiro atoms. The zero-order chi connectivity index (χ0) is 19.5. The van der Waals surface area contributed by atoms with E-state index in [2.05, 4.69) is 32.2 Å². The summed E-state index contributed by atoms with van der Waals surface area (Å²) in [5, 5.41) is 12.2. The Morgan fingerprint density at radius 3 is 2.50 bits per heavy atom. The molecule has 0 unspecified atom stereocenters. The second-order valence-electron chi connectivity index (χ2n) is 7.09. The Morgan fingerprint density at radius 1 is 1.19 bits per heavy atom. The highest BCUT2D eigenvalue weighted by molar-refractivity contribution is 5.51. The van der Waals surface area contributed by atoms with Crippen molar-refractivity contribution in [3.63, 3.8) is 0 Å². The SMILES string of the molecule is Cn1c(NCCOc2cccc(C(C)(C)C)c2)c(C#N)c(=O)n(C)c1=O. The van der Waals surface area contributed by atoms with Crippen molar-refractivity contribution in [2.24, 2.45) is 14.1 Å². The maximum Gasteiger partial charge on any atom is 0.332 e. The van der Waals surface area contributed by atoms with E-state index >= 15 is 0 Å². The Kier molecular flexibility index (Phi) is 5.56. The van der Waals surface area contributed by atoms with Gasteiger partial charge < -0.3 is 10.1 Å². The van der Waals surface area contributed by atoms with Crippen LogP contribution in [0.3, 0.4) is 0 Å². The third kappa shape index (κ3) is 3.97. The standard InChI is InChI=1S/C19H24N4O3/c1-19(2,3)13-7-6-8-14(11-13)26-10-9-21-16-15(12-20)17(24)23(5)18(25)22(16)4/h6-8,11,21H,9-10H2,1-5H3. The molecule has 0 saturated heterocycles. The molecule has 138 valence electrons. The number of ether oxygens (including phenoxy) is 1. The van der Waals surface area contributed by atoms with Crippen molar-refractivity contribution in [2.45, 2.75) is 26.2 Å². The summed E-state index contributed by atoms with van der Waals surface area (Å²) in [5.41, 5.74) is 0.00186. The Labute approximate surface area is 152 Å². The number of nitrogens with one attached hydrogen (secondary N) is 1. The number of hydrogen-bond acceptors (Lipinski definition) is 5. The first-order valence-electron chi connectivity index (χ1n) is 8.34. The van der Waals surface area contributed by atoms with E-state index in [0.29, 0.717) is 13.2 Å². The molecule has 1 N–H and O–H groups in total. The Balaban J connectivity index is 2.09. The van der Waals surface area contributed by atoms with Gasteiger partial charge in [0.2, 0.25) is 0 Å². The molecule has 0 saturated carbocycles. The third-order valence-corrected chi connectivity index (χ3v) is 4.14. The predicted molar refractivity (Wildman–Crippen MR) is 101 cm³/mol. The van der Waals surface area contributed by atoms with Crippen molar-refractivity contribution in [3.8, 4) is 11.8 Å². The van der Waals surface area contributed by atoms with Gasteiger partial charge in [-0.15, -0.1) is 0 Å². The first-order valence-corrected chi connectivity index (χ1v) is 8.34. The van der Waals surface area contributed by atoms with Gasteiger partial charge in [0.05, 0.1) is 6.54 Å². The highest BCUT2D eigenvalue weighted by atomic mass is 16.5. The van der Waals surface area contributed by atoms with Gasteiger partial charge in [0.1, 0.15) is 24.2 Å². The number of nitriles is 1. The minimum absolute atomic E-state index is 0.0295. The fourth-order valence-electron chi connectivity index (χ4n) is 2.54. The number of benzene rings is 1. The first-order chi connectivity index (χ1) is 12.2. The van der Waals surface area contributed by atoms with Crippen LogP contribution in [0, 0.1) is 11.3 Å². The molecule has 1 aromatic heterocycles. The molecule has 1 heterocycles. The molecule has 1 aromatic carbocycles. The molecule has 2 rings (SSSR count). The molecule has 26 heavy (non-hydrogen) atoms. The molecule has 0 radical (unpaired) electrons. The Hall–Kier alpha value is -3.01. The van der Waals surface area contributed by atoms with Gasteiger partial charge in [-0.2, -0.15) is 5.26 Å². The lowest BCUT2D eigenvalue weighted by atomic mass is 9.87. The van der Waals surface area contributed by atoms with E-state index in [-0.39, 0.29) is 16.8 Å². The maximum atomic E-state index is 12.0. The molecule has 7 nitrogen and oxygen atoms in total. The Bertz CT molecular complexity index is 959. The van der Waals surface area contributed by atoms with Crippen molar-refractivity contribution < 1.29 is 4.74 Å². The summed E-state index contributed by atoms with van der Waals surface area (Å²) in [4.78, 5) is 24.0. The molecule has 0 aliphatic carbocycles. The van der Waals surface area contributed by atoms with Crippen LogP contribution in [0.2, 0.25) is 0 Å². The highest BCUT2D eigenvalue weighted by Gasteiger charge is 2.15. The summed E-state index contributed by atoms with van der Waals surface area (Å²) < 4.78 is 7.91. The van der Waals surface area contributed by atoms with Crippen LogP contribution in [-0.2, 0) is 19.5 Å². The van der Waals surface area contributed by atoms with Gasteiger partial charge in [0.15, 0.2) is 5.56 Å². The first kappa shape index (κ1) is 19.3. The van der Waals surface area contributed by atoms with Crippen molar-refractivity contribution >= 4 is 5.82 Å². The summed E-state index contributed by atoms with van der Waals surface area (Å²) in [6.07, 6.45) is 0. The second kappa shape index (κ2) is 7.48. The van der Waals surface area contributed by atoms with Gasteiger partial charge in [-0.3, -0.25) is 13.9 Å². The number of nitrogens with zero attached hydrogens (tertiary/aromatic N) is 3. The van der Waals surface area contributed by atoms with E-state index < -0.39 is 11.2 Å². The molecule has 0 aliphatic heterocycles. The zero-order valence-corrected chi connectivity index (χ0v) is 15.8. The molecule has 2 aromatic rings. The van der Waals surface area contributed by atoms with Crippen molar-refractivity contribution in [1.82, 2.24) is 9.13 Å². The number of rotatable bonds is 5. The van der Waals surface area contributed by atoms with Gasteiger partial charge in [0.25, 0.3) is 5.56 Å². The van der Waals surface area contributed by atoms with Gasteiger partial charge in [-0.25, -0.2) is 4.79 Å². The lowest BCUT2D eigenvalue weighted by Crippen LogP contribution is -2.40. The van der Waals surface area contributed by atoms with Gasteiger partial charge in [0, 0.05) is 14.1 Å². The topological polar surface area (TPSA) is 89.1 Å².